The summed E-state index contributed by atoms with van der Waals surface area (Å²) < 4.78 is 6.74. The van der Waals surface area contributed by atoms with Crippen molar-refractivity contribution >= 4 is 29.2 Å². The highest BCUT2D eigenvalue weighted by Gasteiger charge is 2.11. The normalized spacial score (nSPS) is 10.8. The van der Waals surface area contributed by atoms with Gasteiger partial charge in [-0.05, 0) is 18.6 Å². The summed E-state index contributed by atoms with van der Waals surface area (Å²) in [7, 11) is 0. The second kappa shape index (κ2) is 5.53. The largest absolute Gasteiger partial charge is 0.383 e. The van der Waals surface area contributed by atoms with Gasteiger partial charge in [0.05, 0.1) is 11.9 Å². The van der Waals surface area contributed by atoms with E-state index in [9.17, 15) is 4.79 Å². The molecule has 2 heterocycles. The van der Waals surface area contributed by atoms with Gasteiger partial charge in [-0.2, -0.15) is 4.98 Å². The lowest BCUT2D eigenvalue weighted by atomic mass is 10.2. The SMILES string of the molecule is CC(=O)OSc1ncc2ncn(-c3ccccc3C)c2n1. The molecule has 0 spiro atoms. The highest BCUT2D eigenvalue weighted by atomic mass is 32.2. The summed E-state index contributed by atoms with van der Waals surface area (Å²) in [5, 5.41) is 0.369. The summed E-state index contributed by atoms with van der Waals surface area (Å²) in [4.78, 5) is 23.6. The Hall–Kier alpha value is -2.41. The van der Waals surface area contributed by atoms with Crippen molar-refractivity contribution in [3.63, 3.8) is 0 Å². The van der Waals surface area contributed by atoms with E-state index in [2.05, 4.69) is 15.0 Å². The molecule has 0 atom stereocenters. The molecule has 2 aromatic heterocycles. The van der Waals surface area contributed by atoms with Crippen molar-refractivity contribution in [3.05, 3.63) is 42.4 Å². The molecule has 0 saturated carbocycles. The van der Waals surface area contributed by atoms with Crippen LogP contribution in [0.1, 0.15) is 12.5 Å². The molecule has 0 amide bonds. The Balaban J connectivity index is 2.06. The molecule has 0 fully saturated rings. The fourth-order valence-corrected chi connectivity index (χ4v) is 2.35. The Labute approximate surface area is 125 Å². The first-order valence-electron chi connectivity index (χ1n) is 6.26. The zero-order valence-electron chi connectivity index (χ0n) is 11.5. The maximum absolute atomic E-state index is 10.8. The van der Waals surface area contributed by atoms with E-state index in [4.69, 9.17) is 4.18 Å². The minimum atomic E-state index is -0.392. The third-order valence-electron chi connectivity index (χ3n) is 2.88. The van der Waals surface area contributed by atoms with Crippen LogP contribution in [0.3, 0.4) is 0 Å². The maximum atomic E-state index is 10.8. The van der Waals surface area contributed by atoms with E-state index in [1.807, 2.05) is 35.8 Å². The molecule has 106 valence electrons. The first-order valence-corrected chi connectivity index (χ1v) is 7.00. The number of nitrogens with zero attached hydrogens (tertiary/aromatic N) is 4. The van der Waals surface area contributed by atoms with Gasteiger partial charge in [-0.1, -0.05) is 18.2 Å². The lowest BCUT2D eigenvalue weighted by Gasteiger charge is -2.07. The van der Waals surface area contributed by atoms with E-state index in [0.717, 1.165) is 23.3 Å². The Morgan fingerprint density at radius 3 is 2.86 bits per heavy atom. The zero-order valence-corrected chi connectivity index (χ0v) is 12.3. The zero-order chi connectivity index (χ0) is 14.8. The minimum Gasteiger partial charge on any atom is -0.383 e. The summed E-state index contributed by atoms with van der Waals surface area (Å²) in [6, 6.07) is 7.97. The van der Waals surface area contributed by atoms with Crippen molar-refractivity contribution in [1.29, 1.82) is 0 Å². The van der Waals surface area contributed by atoms with Gasteiger partial charge in [-0.15, -0.1) is 0 Å². The predicted molar refractivity (Wildman–Crippen MR) is 79.0 cm³/mol. The van der Waals surface area contributed by atoms with Crippen molar-refractivity contribution in [3.8, 4) is 5.69 Å². The van der Waals surface area contributed by atoms with Crippen molar-refractivity contribution < 1.29 is 8.98 Å². The average Bonchev–Trinajstić information content (AvgIpc) is 2.88. The molecule has 0 unspecified atom stereocenters. The molecule has 3 rings (SSSR count). The number of carbonyl (C=O) groups excluding carboxylic acids is 1. The van der Waals surface area contributed by atoms with Gasteiger partial charge in [0, 0.05) is 6.92 Å². The van der Waals surface area contributed by atoms with Gasteiger partial charge in [-0.3, -0.25) is 9.36 Å². The van der Waals surface area contributed by atoms with Crippen molar-refractivity contribution in [2.45, 2.75) is 19.0 Å². The van der Waals surface area contributed by atoms with Crippen LogP contribution in [0.25, 0.3) is 16.9 Å². The van der Waals surface area contributed by atoms with Crippen LogP contribution in [0.2, 0.25) is 0 Å². The molecule has 0 aliphatic heterocycles. The van der Waals surface area contributed by atoms with Crippen LogP contribution < -0.4 is 0 Å². The van der Waals surface area contributed by atoms with Crippen LogP contribution in [0.4, 0.5) is 0 Å². The summed E-state index contributed by atoms with van der Waals surface area (Å²) in [6.07, 6.45) is 3.32. The van der Waals surface area contributed by atoms with Crippen LogP contribution in [0.15, 0.2) is 41.9 Å². The Kier molecular flexibility index (Phi) is 3.57. The predicted octanol–water partition coefficient (Wildman–Crippen LogP) is 2.69. The molecule has 1 aromatic carbocycles. The highest BCUT2D eigenvalue weighted by molar-refractivity contribution is 7.94. The summed E-state index contributed by atoms with van der Waals surface area (Å²) >= 11 is 0.842. The number of fused-ring (bicyclic) bond motifs is 1. The van der Waals surface area contributed by atoms with Crippen LogP contribution in [0, 0.1) is 6.92 Å². The highest BCUT2D eigenvalue weighted by Crippen LogP contribution is 2.21. The fourth-order valence-electron chi connectivity index (χ4n) is 1.94. The second-order valence-electron chi connectivity index (χ2n) is 4.42. The summed E-state index contributed by atoms with van der Waals surface area (Å²) in [6.45, 7) is 3.36. The topological polar surface area (TPSA) is 69.9 Å². The number of aryl methyl sites for hydroxylation is 1. The molecule has 0 N–H and O–H groups in total. The van der Waals surface area contributed by atoms with Crippen LogP contribution in [0.5, 0.6) is 0 Å². The standard InChI is InChI=1S/C14H12N4O2S/c1-9-5-3-4-6-12(9)18-8-16-11-7-15-14(17-13(11)18)21-20-10(2)19/h3-8H,1-2H3. The van der Waals surface area contributed by atoms with Gasteiger partial charge < -0.3 is 4.18 Å². The van der Waals surface area contributed by atoms with Gasteiger partial charge in [0.15, 0.2) is 5.65 Å². The van der Waals surface area contributed by atoms with E-state index in [-0.39, 0.29) is 0 Å². The third-order valence-corrected chi connectivity index (χ3v) is 3.54. The van der Waals surface area contributed by atoms with Crippen molar-refractivity contribution in [1.82, 2.24) is 19.5 Å². The number of hydrogen-bond acceptors (Lipinski definition) is 6. The molecule has 6 nitrogen and oxygen atoms in total. The van der Waals surface area contributed by atoms with E-state index in [0.29, 0.717) is 16.3 Å². The molecular weight excluding hydrogens is 288 g/mol. The minimum absolute atomic E-state index is 0.369. The van der Waals surface area contributed by atoms with Crippen molar-refractivity contribution in [2.24, 2.45) is 0 Å². The Morgan fingerprint density at radius 2 is 2.10 bits per heavy atom. The average molecular weight is 300 g/mol. The Bertz CT molecular complexity index is 816. The van der Waals surface area contributed by atoms with Gasteiger partial charge in [0.2, 0.25) is 5.16 Å². The third kappa shape index (κ3) is 2.73. The Morgan fingerprint density at radius 1 is 1.29 bits per heavy atom. The molecule has 7 heteroatoms. The molecule has 0 saturated heterocycles. The molecule has 0 radical (unpaired) electrons. The number of hydrogen-bond donors (Lipinski definition) is 0. The lowest BCUT2D eigenvalue weighted by Crippen LogP contribution is -1.98. The molecule has 3 aromatic rings. The van der Waals surface area contributed by atoms with E-state index < -0.39 is 5.97 Å². The summed E-state index contributed by atoms with van der Waals surface area (Å²) in [5.41, 5.74) is 3.48. The molecule has 0 aliphatic carbocycles. The molecular formula is C14H12N4O2S. The van der Waals surface area contributed by atoms with E-state index in [1.54, 1.807) is 12.5 Å². The van der Waals surface area contributed by atoms with Gasteiger partial charge in [0.1, 0.15) is 23.9 Å². The number of carbonyl (C=O) groups is 1. The molecule has 21 heavy (non-hydrogen) atoms. The first kappa shape index (κ1) is 13.6. The lowest BCUT2D eigenvalue weighted by molar-refractivity contribution is -0.130. The van der Waals surface area contributed by atoms with E-state index in [1.165, 1.54) is 6.92 Å². The van der Waals surface area contributed by atoms with E-state index >= 15 is 0 Å². The number of aromatic nitrogens is 4. The second-order valence-corrected chi connectivity index (χ2v) is 5.12. The number of rotatable bonds is 3. The van der Waals surface area contributed by atoms with Crippen LogP contribution >= 0.6 is 12.0 Å². The monoisotopic (exact) mass is 300 g/mol. The van der Waals surface area contributed by atoms with Crippen molar-refractivity contribution in [2.75, 3.05) is 0 Å². The van der Waals surface area contributed by atoms with Crippen LogP contribution in [-0.2, 0) is 8.98 Å². The number of imidazole rings is 1. The van der Waals surface area contributed by atoms with Gasteiger partial charge in [0.25, 0.3) is 0 Å². The van der Waals surface area contributed by atoms with Crippen LogP contribution in [-0.4, -0.2) is 25.5 Å². The smallest absolute Gasteiger partial charge is 0.315 e. The molecule has 0 aliphatic rings. The maximum Gasteiger partial charge on any atom is 0.315 e. The molecule has 0 bridgehead atoms. The quantitative estimate of drug-likeness (QED) is 0.547. The van der Waals surface area contributed by atoms with Gasteiger partial charge >= 0.3 is 5.97 Å². The first-order chi connectivity index (χ1) is 10.1. The number of benzene rings is 1. The van der Waals surface area contributed by atoms with Gasteiger partial charge in [-0.25, -0.2) is 9.97 Å². The number of para-hydroxylation sites is 1. The summed E-state index contributed by atoms with van der Waals surface area (Å²) in [5.74, 6) is -0.392. The fraction of sp³-hybridized carbons (Fsp3) is 0.143.